The Morgan fingerprint density at radius 2 is 1.53 bits per heavy atom. The van der Waals surface area contributed by atoms with Gasteiger partial charge in [0.1, 0.15) is 0 Å². The summed E-state index contributed by atoms with van der Waals surface area (Å²) >= 11 is 0. The second-order valence-corrected chi connectivity index (χ2v) is 5.40. The molecule has 0 aromatic heterocycles. The molecular formula is C16H35N. The van der Waals surface area contributed by atoms with E-state index in [2.05, 4.69) is 33.0 Å². The van der Waals surface area contributed by atoms with Crippen molar-refractivity contribution in [3.8, 4) is 0 Å². The maximum absolute atomic E-state index is 3.68. The van der Waals surface area contributed by atoms with E-state index in [9.17, 15) is 0 Å². The molecule has 1 nitrogen and oxygen atoms in total. The van der Waals surface area contributed by atoms with Crippen molar-refractivity contribution in [2.75, 3.05) is 6.54 Å². The van der Waals surface area contributed by atoms with E-state index in [1.54, 1.807) is 0 Å². The maximum Gasteiger partial charge on any atom is 0.00695 e. The van der Waals surface area contributed by atoms with Crippen molar-refractivity contribution >= 4 is 0 Å². The summed E-state index contributed by atoms with van der Waals surface area (Å²) in [6.07, 6.45) is 12.5. The highest BCUT2D eigenvalue weighted by Crippen LogP contribution is 2.21. The summed E-state index contributed by atoms with van der Waals surface area (Å²) in [6.45, 7) is 10.3. The molecule has 0 aliphatic rings. The fourth-order valence-electron chi connectivity index (χ4n) is 2.62. The van der Waals surface area contributed by atoms with Crippen molar-refractivity contribution in [3.05, 3.63) is 0 Å². The molecule has 0 rings (SSSR count). The smallest absolute Gasteiger partial charge is 0.00695 e. The predicted molar refractivity (Wildman–Crippen MR) is 79.5 cm³/mol. The number of unbranched alkanes of at least 4 members (excludes halogenated alkanes) is 3. The number of hydrogen-bond acceptors (Lipinski definition) is 1. The van der Waals surface area contributed by atoms with E-state index >= 15 is 0 Å². The summed E-state index contributed by atoms with van der Waals surface area (Å²) in [6, 6.07) is 0.772. The zero-order valence-electron chi connectivity index (χ0n) is 12.7. The molecule has 0 fully saturated rings. The summed E-state index contributed by atoms with van der Waals surface area (Å²) in [5.41, 5.74) is 0. The topological polar surface area (TPSA) is 12.0 Å². The van der Waals surface area contributed by atoms with Gasteiger partial charge in [-0.25, -0.2) is 0 Å². The summed E-state index contributed by atoms with van der Waals surface area (Å²) < 4.78 is 0. The van der Waals surface area contributed by atoms with Gasteiger partial charge in [-0.15, -0.1) is 0 Å². The average Bonchev–Trinajstić information content (AvgIpc) is 2.34. The van der Waals surface area contributed by atoms with Crippen LogP contribution in [0.5, 0.6) is 0 Å². The lowest BCUT2D eigenvalue weighted by molar-refractivity contribution is 0.335. The number of nitrogens with one attached hydrogen (secondary N) is 1. The van der Waals surface area contributed by atoms with Crippen molar-refractivity contribution in [2.45, 2.75) is 91.5 Å². The van der Waals surface area contributed by atoms with E-state index in [4.69, 9.17) is 0 Å². The van der Waals surface area contributed by atoms with E-state index in [-0.39, 0.29) is 0 Å². The van der Waals surface area contributed by atoms with Gasteiger partial charge in [-0.2, -0.15) is 0 Å². The predicted octanol–water partition coefficient (Wildman–Crippen LogP) is 5.15. The third-order valence-electron chi connectivity index (χ3n) is 3.81. The van der Waals surface area contributed by atoms with Crippen molar-refractivity contribution in [1.29, 1.82) is 0 Å². The van der Waals surface area contributed by atoms with Crippen LogP contribution < -0.4 is 5.32 Å². The second kappa shape index (κ2) is 12.4. The van der Waals surface area contributed by atoms with E-state index in [0.29, 0.717) is 0 Å². The van der Waals surface area contributed by atoms with E-state index in [0.717, 1.165) is 18.5 Å². The van der Waals surface area contributed by atoms with Crippen molar-refractivity contribution in [2.24, 2.45) is 5.92 Å². The monoisotopic (exact) mass is 241 g/mol. The molecule has 0 aliphatic heterocycles. The van der Waals surface area contributed by atoms with Gasteiger partial charge in [0.25, 0.3) is 0 Å². The zero-order chi connectivity index (χ0) is 12.9. The lowest BCUT2D eigenvalue weighted by atomic mass is 9.90. The molecule has 0 spiro atoms. The minimum Gasteiger partial charge on any atom is -0.314 e. The molecule has 0 bridgehead atoms. The summed E-state index contributed by atoms with van der Waals surface area (Å²) in [5, 5.41) is 3.68. The molecule has 0 saturated carbocycles. The first-order valence-corrected chi connectivity index (χ1v) is 8.01. The van der Waals surface area contributed by atoms with Crippen LogP contribution >= 0.6 is 0 Å². The van der Waals surface area contributed by atoms with Gasteiger partial charge < -0.3 is 5.32 Å². The largest absolute Gasteiger partial charge is 0.314 e. The molecule has 0 saturated heterocycles. The van der Waals surface area contributed by atoms with Crippen LogP contribution in [0.4, 0.5) is 0 Å². The van der Waals surface area contributed by atoms with Crippen molar-refractivity contribution < 1.29 is 0 Å². The molecule has 104 valence electrons. The molecule has 0 aromatic rings. The normalized spacial score (nSPS) is 14.8. The van der Waals surface area contributed by atoms with Crippen LogP contribution in [0.25, 0.3) is 0 Å². The first kappa shape index (κ1) is 17.0. The Bertz CT molecular complexity index is 144. The standard InChI is InChI=1S/C16H35N/c1-5-9-11-13-16(17-8-4)14-15(7-3)12-10-6-2/h15-17H,5-14H2,1-4H3. The van der Waals surface area contributed by atoms with Crippen LogP contribution in [0.3, 0.4) is 0 Å². The number of hydrogen-bond donors (Lipinski definition) is 1. The minimum absolute atomic E-state index is 0.772. The Hall–Kier alpha value is -0.0400. The Morgan fingerprint density at radius 3 is 2.06 bits per heavy atom. The maximum atomic E-state index is 3.68. The molecule has 0 radical (unpaired) electrons. The van der Waals surface area contributed by atoms with Gasteiger partial charge in [0.2, 0.25) is 0 Å². The number of rotatable bonds is 12. The molecule has 0 aromatic carbocycles. The van der Waals surface area contributed by atoms with Crippen LogP contribution in [-0.2, 0) is 0 Å². The average molecular weight is 241 g/mol. The molecule has 0 aliphatic carbocycles. The van der Waals surface area contributed by atoms with Gasteiger partial charge in [0.05, 0.1) is 0 Å². The Morgan fingerprint density at radius 1 is 0.824 bits per heavy atom. The Labute approximate surface area is 110 Å². The highest BCUT2D eigenvalue weighted by molar-refractivity contribution is 4.71. The van der Waals surface area contributed by atoms with Crippen LogP contribution in [-0.4, -0.2) is 12.6 Å². The van der Waals surface area contributed by atoms with Crippen LogP contribution in [0.15, 0.2) is 0 Å². The summed E-state index contributed by atoms with van der Waals surface area (Å²) in [5.74, 6) is 0.945. The third kappa shape index (κ3) is 9.64. The third-order valence-corrected chi connectivity index (χ3v) is 3.81. The van der Waals surface area contributed by atoms with Crippen molar-refractivity contribution in [1.82, 2.24) is 5.32 Å². The van der Waals surface area contributed by atoms with Crippen LogP contribution in [0, 0.1) is 5.92 Å². The SMILES string of the molecule is CCCCCC(CC(CC)CCCC)NCC. The van der Waals surface area contributed by atoms with Crippen LogP contribution in [0.1, 0.15) is 85.5 Å². The molecular weight excluding hydrogens is 206 g/mol. The van der Waals surface area contributed by atoms with Gasteiger partial charge in [-0.05, 0) is 25.3 Å². The first-order chi connectivity index (χ1) is 8.28. The zero-order valence-corrected chi connectivity index (χ0v) is 12.7. The summed E-state index contributed by atoms with van der Waals surface area (Å²) in [4.78, 5) is 0. The van der Waals surface area contributed by atoms with Crippen molar-refractivity contribution in [3.63, 3.8) is 0 Å². The lowest BCUT2D eigenvalue weighted by Crippen LogP contribution is -2.31. The molecule has 2 unspecified atom stereocenters. The quantitative estimate of drug-likeness (QED) is 0.466. The Kier molecular flexibility index (Phi) is 12.4. The fourth-order valence-corrected chi connectivity index (χ4v) is 2.62. The van der Waals surface area contributed by atoms with Crippen LogP contribution in [0.2, 0.25) is 0 Å². The van der Waals surface area contributed by atoms with Gasteiger partial charge in [-0.1, -0.05) is 72.6 Å². The highest BCUT2D eigenvalue weighted by Gasteiger charge is 2.13. The van der Waals surface area contributed by atoms with E-state index in [1.165, 1.54) is 57.8 Å². The van der Waals surface area contributed by atoms with E-state index in [1.807, 2.05) is 0 Å². The molecule has 2 atom stereocenters. The second-order valence-electron chi connectivity index (χ2n) is 5.40. The fraction of sp³-hybridized carbons (Fsp3) is 1.00. The molecule has 0 heterocycles. The van der Waals surface area contributed by atoms with Gasteiger partial charge in [0, 0.05) is 6.04 Å². The van der Waals surface area contributed by atoms with Gasteiger partial charge in [0.15, 0.2) is 0 Å². The van der Waals surface area contributed by atoms with Gasteiger partial charge >= 0.3 is 0 Å². The van der Waals surface area contributed by atoms with Gasteiger partial charge in [-0.3, -0.25) is 0 Å². The highest BCUT2D eigenvalue weighted by atomic mass is 14.9. The lowest BCUT2D eigenvalue weighted by Gasteiger charge is -2.23. The Balaban J connectivity index is 3.91. The summed E-state index contributed by atoms with van der Waals surface area (Å²) in [7, 11) is 0. The molecule has 0 amide bonds. The molecule has 1 heteroatoms. The molecule has 17 heavy (non-hydrogen) atoms. The first-order valence-electron chi connectivity index (χ1n) is 8.01. The molecule has 1 N–H and O–H groups in total. The minimum atomic E-state index is 0.772. The van der Waals surface area contributed by atoms with E-state index < -0.39 is 0 Å².